The van der Waals surface area contributed by atoms with Crippen molar-refractivity contribution in [3.05, 3.63) is 115 Å². The quantitative estimate of drug-likeness (QED) is 0.0721. The van der Waals surface area contributed by atoms with E-state index in [0.29, 0.717) is 17.7 Å². The van der Waals surface area contributed by atoms with E-state index in [1.165, 1.54) is 12.2 Å². The Kier molecular flexibility index (Phi) is 25.1. The summed E-state index contributed by atoms with van der Waals surface area (Å²) in [4.78, 5) is 63.7. The van der Waals surface area contributed by atoms with Gasteiger partial charge in [-0.1, -0.05) is 106 Å². The number of aliphatic hydroxyl groups is 7. The molecule has 1 aromatic carbocycles. The number of carbonyl (C=O) groups excluding carboxylic acids is 4. The molecule has 1 aromatic rings. The third-order valence-electron chi connectivity index (χ3n) is 12.2. The third kappa shape index (κ3) is 22.0. The Morgan fingerprint density at radius 1 is 0.754 bits per heavy atom. The Bertz CT molecular complexity index is 2020. The van der Waals surface area contributed by atoms with E-state index in [9.17, 15) is 64.8 Å². The topological polar surface area (TPSA) is 292 Å². The molecule has 3 rings (SSSR count). The zero-order chi connectivity index (χ0) is 51.1. The first-order valence-corrected chi connectivity index (χ1v) is 23.7. The number of nitrogens with two attached hydrogens (primary N) is 1. The predicted octanol–water partition coefficient (Wildman–Crippen LogP) is 4.95. The number of ketones is 3. The lowest BCUT2D eigenvalue weighted by molar-refractivity contribution is -0.300. The first-order valence-electron chi connectivity index (χ1n) is 23.7. The molecule has 2 aliphatic heterocycles. The molecule has 13 unspecified atom stereocenters. The van der Waals surface area contributed by atoms with E-state index in [2.05, 4.69) is 0 Å². The van der Waals surface area contributed by atoms with Crippen LogP contribution < -0.4 is 5.73 Å². The number of anilines is 1. The lowest BCUT2D eigenvalue weighted by atomic mass is 9.83. The molecule has 16 heteroatoms. The summed E-state index contributed by atoms with van der Waals surface area (Å²) < 4.78 is 11.6. The van der Waals surface area contributed by atoms with E-state index in [1.54, 1.807) is 85.0 Å². The lowest BCUT2D eigenvalue weighted by Crippen LogP contribution is -2.56. The number of benzene rings is 1. The number of nitrogen functional groups attached to an aromatic ring is 1. The second-order valence-electron chi connectivity index (χ2n) is 18.5. The van der Waals surface area contributed by atoms with Gasteiger partial charge in [0.05, 0.1) is 42.7 Å². The van der Waals surface area contributed by atoms with Crippen LogP contribution in [0.3, 0.4) is 0 Å². The predicted molar refractivity (Wildman–Crippen MR) is 259 cm³/mol. The van der Waals surface area contributed by atoms with Gasteiger partial charge in [0.25, 0.3) is 0 Å². The molecule has 1 fully saturated rings. The molecule has 69 heavy (non-hydrogen) atoms. The van der Waals surface area contributed by atoms with Crippen LogP contribution in [0.2, 0.25) is 0 Å². The standard InChI is InChI=1S/C53H73NO15/c1-34-17-14-12-10-8-6-4-5-7-9-11-13-15-18-40(56)29-48-50(52(65)66)47(63)33-53(67,69-48)32-44(60)28-43(59)27-42(58)26-39(55)19-16-20-41(57)30-49(64)68-51(34)36(3)25-35(2)45(61)31-46(62)37-21-23-38(54)24-22-37/h4-15,17-18,21-24,34-36,40,42-45,47-48,50-51,56,58-61,63,67H,16,19-20,25-33,54H2,1-3H3,(H,65,66)/b5-4+,8-6+,9-7+,12-10+,13-11+,17-14+,18-15+. The second kappa shape index (κ2) is 29.8. The molecule has 2 bridgehead atoms. The molecule has 13 atom stereocenters. The number of ether oxygens (including phenoxy) is 2. The lowest BCUT2D eigenvalue weighted by Gasteiger charge is -2.44. The summed E-state index contributed by atoms with van der Waals surface area (Å²) in [6.07, 6.45) is 11.4. The normalized spacial score (nSPS) is 33.8. The van der Waals surface area contributed by atoms with Crippen molar-refractivity contribution in [2.45, 2.75) is 152 Å². The number of aliphatic hydroxyl groups excluding tert-OH is 6. The molecular weight excluding hydrogens is 891 g/mol. The molecule has 380 valence electrons. The summed E-state index contributed by atoms with van der Waals surface area (Å²) >= 11 is 0. The number of aliphatic carboxylic acids is 1. The van der Waals surface area contributed by atoms with Crippen LogP contribution in [0.25, 0.3) is 0 Å². The number of carboxylic acid groups (broad SMARTS) is 1. The fourth-order valence-corrected chi connectivity index (χ4v) is 8.60. The maximum absolute atomic E-state index is 13.2. The Morgan fingerprint density at radius 3 is 1.90 bits per heavy atom. The van der Waals surface area contributed by atoms with E-state index in [0.717, 1.165) is 0 Å². The van der Waals surface area contributed by atoms with E-state index in [1.807, 2.05) is 32.9 Å². The average Bonchev–Trinajstić information content (AvgIpc) is 3.24. The Morgan fingerprint density at radius 2 is 1.30 bits per heavy atom. The minimum Gasteiger partial charge on any atom is -0.481 e. The maximum atomic E-state index is 13.2. The molecule has 2 aliphatic rings. The Labute approximate surface area is 404 Å². The first-order chi connectivity index (χ1) is 32.7. The highest BCUT2D eigenvalue weighted by atomic mass is 16.6. The first kappa shape index (κ1) is 58.1. The number of carbonyl (C=O) groups is 5. The summed E-state index contributed by atoms with van der Waals surface area (Å²) in [5, 5.41) is 85.4. The van der Waals surface area contributed by atoms with Crippen LogP contribution in [0.15, 0.2) is 109 Å². The van der Waals surface area contributed by atoms with Gasteiger partial charge in [-0.25, -0.2) is 0 Å². The molecule has 2 heterocycles. The minimum absolute atomic E-state index is 0.0915. The van der Waals surface area contributed by atoms with Gasteiger partial charge < -0.3 is 56.1 Å². The molecular formula is C53H73NO15. The van der Waals surface area contributed by atoms with E-state index < -0.39 is 103 Å². The summed E-state index contributed by atoms with van der Waals surface area (Å²) in [5.41, 5.74) is 6.69. The van der Waals surface area contributed by atoms with Gasteiger partial charge in [0.1, 0.15) is 30.0 Å². The number of allylic oxidation sites excluding steroid dienone is 12. The number of carboxylic acids is 1. The monoisotopic (exact) mass is 963 g/mol. The number of Topliss-reactive ketones (excluding diaryl/α,β-unsaturated/α-hetero) is 3. The largest absolute Gasteiger partial charge is 0.481 e. The van der Waals surface area contributed by atoms with Crippen LogP contribution in [-0.4, -0.2) is 125 Å². The van der Waals surface area contributed by atoms with Gasteiger partial charge in [-0.15, -0.1) is 0 Å². The molecule has 0 saturated carbocycles. The van der Waals surface area contributed by atoms with Crippen LogP contribution in [0.1, 0.15) is 108 Å². The minimum atomic E-state index is -2.22. The van der Waals surface area contributed by atoms with Gasteiger partial charge in [-0.2, -0.15) is 0 Å². The smallest absolute Gasteiger partial charge is 0.313 e. The summed E-state index contributed by atoms with van der Waals surface area (Å²) in [5.74, 6) is -7.95. The van der Waals surface area contributed by atoms with Crippen molar-refractivity contribution in [1.82, 2.24) is 0 Å². The molecule has 16 nitrogen and oxygen atoms in total. The van der Waals surface area contributed by atoms with Crippen molar-refractivity contribution in [2.24, 2.45) is 23.7 Å². The molecule has 1 saturated heterocycles. The maximum Gasteiger partial charge on any atom is 0.313 e. The van der Waals surface area contributed by atoms with Gasteiger partial charge >= 0.3 is 11.9 Å². The van der Waals surface area contributed by atoms with Crippen molar-refractivity contribution in [3.8, 4) is 0 Å². The van der Waals surface area contributed by atoms with Gasteiger partial charge in [0, 0.05) is 62.1 Å². The van der Waals surface area contributed by atoms with Crippen molar-refractivity contribution >= 4 is 35.0 Å². The van der Waals surface area contributed by atoms with Crippen LogP contribution in [-0.2, 0) is 28.7 Å². The molecule has 0 aromatic heterocycles. The van der Waals surface area contributed by atoms with Gasteiger partial charge in [-0.3, -0.25) is 24.0 Å². The Hall–Kier alpha value is -5.17. The molecule has 10 N–H and O–H groups in total. The van der Waals surface area contributed by atoms with Crippen LogP contribution >= 0.6 is 0 Å². The highest BCUT2D eigenvalue weighted by molar-refractivity contribution is 5.97. The van der Waals surface area contributed by atoms with Crippen LogP contribution in [0.5, 0.6) is 0 Å². The molecule has 0 spiro atoms. The van der Waals surface area contributed by atoms with Gasteiger partial charge in [-0.05, 0) is 61.8 Å². The number of rotatable bonds is 8. The van der Waals surface area contributed by atoms with Crippen LogP contribution in [0.4, 0.5) is 5.69 Å². The zero-order valence-electron chi connectivity index (χ0n) is 39.8. The zero-order valence-corrected chi connectivity index (χ0v) is 39.8. The van der Waals surface area contributed by atoms with Crippen LogP contribution in [0, 0.1) is 23.7 Å². The van der Waals surface area contributed by atoms with E-state index >= 15 is 0 Å². The number of hydrogen-bond donors (Lipinski definition) is 9. The summed E-state index contributed by atoms with van der Waals surface area (Å²) in [6.45, 7) is 5.56. The number of esters is 1. The second-order valence-corrected chi connectivity index (χ2v) is 18.5. The van der Waals surface area contributed by atoms with Gasteiger partial charge in [0.15, 0.2) is 11.6 Å². The number of fused-ring (bicyclic) bond motifs is 2. The SMILES string of the molecule is CC1/C=C/C=C/C=C/C=C/C=C/C=C/C=C/C(O)CC2OC(O)(CC(O)CC(O)CC(O)CC(=O)CCCC(=O)CC(=O)OC1C(C)CC(C)C(O)CC(=O)c1ccc(N)cc1)CC(O)C2C(=O)O. The molecule has 0 radical (unpaired) electrons. The number of hydrogen-bond acceptors (Lipinski definition) is 15. The highest BCUT2D eigenvalue weighted by Gasteiger charge is 2.50. The third-order valence-corrected chi connectivity index (χ3v) is 12.2. The summed E-state index contributed by atoms with van der Waals surface area (Å²) in [7, 11) is 0. The fourth-order valence-electron chi connectivity index (χ4n) is 8.60. The van der Waals surface area contributed by atoms with Crippen molar-refractivity contribution in [1.29, 1.82) is 0 Å². The van der Waals surface area contributed by atoms with Gasteiger partial charge in [0.2, 0.25) is 0 Å². The summed E-state index contributed by atoms with van der Waals surface area (Å²) in [6, 6.07) is 6.45. The Balaban J connectivity index is 1.74. The van der Waals surface area contributed by atoms with Crippen molar-refractivity contribution < 1.29 is 74.3 Å². The fraction of sp³-hybridized carbons (Fsp3) is 0.528. The van der Waals surface area contributed by atoms with Crippen molar-refractivity contribution in [3.63, 3.8) is 0 Å². The average molecular weight is 964 g/mol. The van der Waals surface area contributed by atoms with E-state index in [4.69, 9.17) is 15.2 Å². The molecule has 0 aliphatic carbocycles. The van der Waals surface area contributed by atoms with Crippen molar-refractivity contribution in [2.75, 3.05) is 5.73 Å². The molecule has 0 amide bonds. The van der Waals surface area contributed by atoms with E-state index in [-0.39, 0.29) is 74.9 Å². The number of cyclic esters (lactones) is 1. The highest BCUT2D eigenvalue weighted by Crippen LogP contribution is 2.37.